The third kappa shape index (κ3) is 4.01. The maximum atomic E-state index is 11.6. The van der Waals surface area contributed by atoms with Crippen molar-refractivity contribution in [2.45, 2.75) is 12.2 Å². The van der Waals surface area contributed by atoms with Crippen molar-refractivity contribution >= 4 is 15.7 Å². The van der Waals surface area contributed by atoms with Crippen LogP contribution in [0.5, 0.6) is 17.2 Å². The number of carbonyl (C=O) groups excluding carboxylic acids is 1. The molecule has 1 aromatic carbocycles. The van der Waals surface area contributed by atoms with E-state index in [0.717, 1.165) is 6.26 Å². The van der Waals surface area contributed by atoms with Gasteiger partial charge in [-0.05, 0) is 19.1 Å². The minimum atomic E-state index is -3.38. The van der Waals surface area contributed by atoms with Gasteiger partial charge in [-0.1, -0.05) is 0 Å². The highest BCUT2D eigenvalue weighted by molar-refractivity contribution is 7.92. The van der Waals surface area contributed by atoms with Crippen molar-refractivity contribution in [2.75, 3.05) is 26.2 Å². The van der Waals surface area contributed by atoms with Gasteiger partial charge in [0.15, 0.2) is 21.3 Å². The van der Waals surface area contributed by atoms with Gasteiger partial charge in [-0.15, -0.1) is 0 Å². The molecule has 8 heteroatoms. The van der Waals surface area contributed by atoms with E-state index in [-0.39, 0.29) is 19.9 Å². The Bertz CT molecular complexity index is 628. The lowest BCUT2D eigenvalue weighted by Gasteiger charge is -2.11. The predicted octanol–water partition coefficient (Wildman–Crippen LogP) is 0.343. The smallest absolute Gasteiger partial charge is 0.238 e. The van der Waals surface area contributed by atoms with Crippen LogP contribution in [-0.4, -0.2) is 45.8 Å². The van der Waals surface area contributed by atoms with Crippen molar-refractivity contribution in [3.63, 3.8) is 0 Å². The van der Waals surface area contributed by atoms with Crippen LogP contribution in [0, 0.1) is 0 Å². The first-order valence-electron chi connectivity index (χ1n) is 6.37. The quantitative estimate of drug-likeness (QED) is 0.761. The molecule has 0 radical (unpaired) electrons. The number of sulfone groups is 1. The summed E-state index contributed by atoms with van der Waals surface area (Å²) in [5.41, 5.74) is 0. The summed E-state index contributed by atoms with van der Waals surface area (Å²) in [5, 5.41) is 1.45. The molecule has 1 N–H and O–H groups in total. The Hall–Kier alpha value is -1.96. The Morgan fingerprint density at radius 2 is 2.10 bits per heavy atom. The molecule has 1 aromatic rings. The van der Waals surface area contributed by atoms with E-state index in [1.807, 2.05) is 0 Å². The first kappa shape index (κ1) is 15.4. The van der Waals surface area contributed by atoms with E-state index >= 15 is 0 Å². The van der Waals surface area contributed by atoms with E-state index in [9.17, 15) is 13.2 Å². The zero-order valence-electron chi connectivity index (χ0n) is 11.8. The summed E-state index contributed by atoms with van der Waals surface area (Å²) in [6.07, 6.45) is 1.03. The molecule has 0 saturated heterocycles. The van der Waals surface area contributed by atoms with Crippen molar-refractivity contribution in [2.24, 2.45) is 0 Å². The molecule has 2 rings (SSSR count). The van der Waals surface area contributed by atoms with E-state index < -0.39 is 21.0 Å². The van der Waals surface area contributed by atoms with Crippen molar-refractivity contribution in [3.05, 3.63) is 18.2 Å². The van der Waals surface area contributed by atoms with E-state index in [1.54, 1.807) is 18.2 Å². The molecule has 0 saturated carbocycles. The topological polar surface area (TPSA) is 90.9 Å². The molecule has 1 aliphatic heterocycles. The van der Waals surface area contributed by atoms with Crippen molar-refractivity contribution < 1.29 is 27.4 Å². The summed E-state index contributed by atoms with van der Waals surface area (Å²) in [4.78, 5) is 11.6. The number of rotatable bonds is 6. The Morgan fingerprint density at radius 3 is 2.81 bits per heavy atom. The maximum Gasteiger partial charge on any atom is 0.238 e. The lowest BCUT2D eigenvalue weighted by Crippen LogP contribution is -2.39. The second-order valence-electron chi connectivity index (χ2n) is 4.63. The summed E-state index contributed by atoms with van der Waals surface area (Å²) in [7, 11) is -3.38. The summed E-state index contributed by atoms with van der Waals surface area (Å²) in [6, 6.07) is 5.17. The van der Waals surface area contributed by atoms with E-state index in [4.69, 9.17) is 14.2 Å². The van der Waals surface area contributed by atoms with Crippen LogP contribution in [0.15, 0.2) is 18.2 Å². The highest BCUT2D eigenvalue weighted by atomic mass is 32.2. The third-order valence-electron chi connectivity index (χ3n) is 3.03. The van der Waals surface area contributed by atoms with Gasteiger partial charge in [0.2, 0.25) is 12.7 Å². The van der Waals surface area contributed by atoms with Gasteiger partial charge in [0.05, 0.1) is 6.54 Å². The first-order valence-corrected chi connectivity index (χ1v) is 8.32. The number of nitrogens with one attached hydrogen (secondary N) is 1. The van der Waals surface area contributed by atoms with Crippen molar-refractivity contribution in [3.8, 4) is 17.2 Å². The fourth-order valence-electron chi connectivity index (χ4n) is 1.65. The molecule has 1 amide bonds. The van der Waals surface area contributed by atoms with Gasteiger partial charge in [-0.25, -0.2) is 8.42 Å². The molecule has 0 aliphatic carbocycles. The highest BCUT2D eigenvalue weighted by Crippen LogP contribution is 2.34. The van der Waals surface area contributed by atoms with Gasteiger partial charge in [0, 0.05) is 12.3 Å². The summed E-state index contributed by atoms with van der Waals surface area (Å²) in [6.45, 7) is 1.98. The summed E-state index contributed by atoms with van der Waals surface area (Å²) >= 11 is 0. The molecule has 116 valence electrons. The fraction of sp³-hybridized carbons (Fsp3) is 0.462. The highest BCUT2D eigenvalue weighted by Gasteiger charge is 2.22. The van der Waals surface area contributed by atoms with Crippen LogP contribution in [0.25, 0.3) is 0 Å². The average Bonchev–Trinajstić information content (AvgIpc) is 2.89. The number of hydrogen-bond acceptors (Lipinski definition) is 6. The van der Waals surface area contributed by atoms with Crippen LogP contribution < -0.4 is 19.5 Å². The maximum absolute atomic E-state index is 11.6. The van der Waals surface area contributed by atoms with Crippen LogP contribution in [0.4, 0.5) is 0 Å². The number of carbonyl (C=O) groups is 1. The molecule has 7 nitrogen and oxygen atoms in total. The van der Waals surface area contributed by atoms with E-state index in [0.29, 0.717) is 17.2 Å². The number of fused-ring (bicyclic) bond motifs is 1. The summed E-state index contributed by atoms with van der Waals surface area (Å²) in [5.74, 6) is 1.33. The van der Waals surface area contributed by atoms with Gasteiger partial charge in [-0.3, -0.25) is 4.79 Å². The molecule has 1 heterocycles. The van der Waals surface area contributed by atoms with Gasteiger partial charge in [-0.2, -0.15) is 0 Å². The van der Waals surface area contributed by atoms with Crippen LogP contribution >= 0.6 is 0 Å². The molecule has 1 atom stereocenters. The van der Waals surface area contributed by atoms with Crippen molar-refractivity contribution in [1.29, 1.82) is 0 Å². The number of amides is 1. The Labute approximate surface area is 123 Å². The second-order valence-corrected chi connectivity index (χ2v) is 6.99. The lowest BCUT2D eigenvalue weighted by atomic mass is 10.3. The number of benzene rings is 1. The Balaban J connectivity index is 1.76. The molecular weight excluding hydrogens is 298 g/mol. The first-order chi connectivity index (χ1) is 9.88. The van der Waals surface area contributed by atoms with Gasteiger partial charge in [0.25, 0.3) is 0 Å². The molecule has 0 unspecified atom stereocenters. The van der Waals surface area contributed by atoms with E-state index in [1.165, 1.54) is 6.92 Å². The largest absolute Gasteiger partial charge is 0.492 e. The zero-order valence-corrected chi connectivity index (χ0v) is 12.6. The number of ether oxygens (including phenoxy) is 3. The van der Waals surface area contributed by atoms with Gasteiger partial charge < -0.3 is 19.5 Å². The third-order valence-corrected chi connectivity index (χ3v) is 4.52. The van der Waals surface area contributed by atoms with Crippen molar-refractivity contribution in [1.82, 2.24) is 5.32 Å². The molecule has 0 aromatic heterocycles. The molecule has 0 spiro atoms. The lowest BCUT2D eigenvalue weighted by molar-refractivity contribution is -0.120. The fourth-order valence-corrected chi connectivity index (χ4v) is 2.12. The zero-order chi connectivity index (χ0) is 15.5. The van der Waals surface area contributed by atoms with Crippen LogP contribution in [0.3, 0.4) is 0 Å². The second kappa shape index (κ2) is 6.21. The molecular formula is C13H17NO6S. The van der Waals surface area contributed by atoms with Crippen LogP contribution in [-0.2, 0) is 14.6 Å². The molecule has 0 bridgehead atoms. The standard InChI is InChI=1S/C13H17NO6S/c1-9(21(2,16)17)13(15)14-5-6-18-10-3-4-11-12(7-10)20-8-19-11/h3-4,7,9H,5-6,8H2,1-2H3,(H,14,15)/t9-/m0/s1. The molecule has 0 fully saturated rings. The Kier molecular flexibility index (Phi) is 4.56. The monoisotopic (exact) mass is 315 g/mol. The normalized spacial score (nSPS) is 14.6. The number of hydrogen-bond donors (Lipinski definition) is 1. The summed E-state index contributed by atoms with van der Waals surface area (Å²) < 4.78 is 38.3. The minimum absolute atomic E-state index is 0.193. The van der Waals surface area contributed by atoms with Crippen LogP contribution in [0.1, 0.15) is 6.92 Å². The van der Waals surface area contributed by atoms with Gasteiger partial charge >= 0.3 is 0 Å². The minimum Gasteiger partial charge on any atom is -0.492 e. The van der Waals surface area contributed by atoms with Crippen LogP contribution in [0.2, 0.25) is 0 Å². The van der Waals surface area contributed by atoms with Gasteiger partial charge in [0.1, 0.15) is 17.6 Å². The average molecular weight is 315 g/mol. The Morgan fingerprint density at radius 1 is 1.38 bits per heavy atom. The van der Waals surface area contributed by atoms with E-state index in [2.05, 4.69) is 5.32 Å². The molecule has 21 heavy (non-hydrogen) atoms. The predicted molar refractivity (Wildman–Crippen MR) is 75.4 cm³/mol. The molecule has 1 aliphatic rings. The SMILES string of the molecule is C[C@@H](C(=O)NCCOc1ccc2c(c1)OCO2)S(C)(=O)=O.